The van der Waals surface area contributed by atoms with Gasteiger partial charge >= 0.3 is 6.36 Å². The molecule has 0 amide bonds. The van der Waals surface area contributed by atoms with E-state index in [4.69, 9.17) is 9.47 Å². The second kappa shape index (κ2) is 9.85. The quantitative estimate of drug-likeness (QED) is 0.538. The molecule has 0 aliphatic carbocycles. The standard InChI is InChI=1S/C18H22F3N3O5S/c1-12(2)22-10-11-28-16-9-8-15(17(23-16)27-3)24-30(25,26)14-6-4-13(5-7-14)29-18(19,20)21/h4-9,12,22,24H,10-11H2,1-3H3. The summed E-state index contributed by atoms with van der Waals surface area (Å²) in [6.07, 6.45) is -4.87. The van der Waals surface area contributed by atoms with Crippen LogP contribution in [0.3, 0.4) is 0 Å². The van der Waals surface area contributed by atoms with Crippen molar-refractivity contribution in [1.82, 2.24) is 10.3 Å². The lowest BCUT2D eigenvalue weighted by molar-refractivity contribution is -0.274. The summed E-state index contributed by atoms with van der Waals surface area (Å²) in [4.78, 5) is 3.83. The molecular weight excluding hydrogens is 427 g/mol. The number of pyridine rings is 1. The second-order valence-corrected chi connectivity index (χ2v) is 7.97. The number of halogens is 3. The third-order valence-electron chi connectivity index (χ3n) is 3.54. The van der Waals surface area contributed by atoms with Crippen LogP contribution in [0.5, 0.6) is 17.5 Å². The van der Waals surface area contributed by atoms with Gasteiger partial charge in [0.05, 0.1) is 12.0 Å². The molecule has 166 valence electrons. The normalized spacial score (nSPS) is 12.0. The Kier molecular flexibility index (Phi) is 7.73. The maximum absolute atomic E-state index is 12.5. The SMILES string of the molecule is COc1nc(OCCNC(C)C)ccc1NS(=O)(=O)c1ccc(OC(F)(F)F)cc1. The molecular formula is C18H22F3N3O5S. The first-order valence-electron chi connectivity index (χ1n) is 8.80. The van der Waals surface area contributed by atoms with Crippen molar-refractivity contribution in [2.45, 2.75) is 31.1 Å². The molecule has 0 aliphatic rings. The number of benzene rings is 1. The lowest BCUT2D eigenvalue weighted by Crippen LogP contribution is -2.27. The summed E-state index contributed by atoms with van der Waals surface area (Å²) in [6, 6.07) is 6.97. The number of anilines is 1. The van der Waals surface area contributed by atoms with Crippen molar-refractivity contribution in [3.05, 3.63) is 36.4 Å². The maximum atomic E-state index is 12.5. The number of nitrogens with zero attached hydrogens (tertiary/aromatic N) is 1. The molecule has 0 bridgehead atoms. The van der Waals surface area contributed by atoms with E-state index < -0.39 is 22.1 Å². The Balaban J connectivity index is 2.10. The first-order valence-corrected chi connectivity index (χ1v) is 10.3. The summed E-state index contributed by atoms with van der Waals surface area (Å²) in [5, 5.41) is 3.17. The third-order valence-corrected chi connectivity index (χ3v) is 4.93. The summed E-state index contributed by atoms with van der Waals surface area (Å²) >= 11 is 0. The van der Waals surface area contributed by atoms with E-state index in [0.29, 0.717) is 19.2 Å². The molecule has 1 heterocycles. The molecule has 8 nitrogen and oxygen atoms in total. The van der Waals surface area contributed by atoms with Crippen LogP contribution < -0.4 is 24.2 Å². The van der Waals surface area contributed by atoms with Crippen LogP contribution in [0.4, 0.5) is 18.9 Å². The van der Waals surface area contributed by atoms with Gasteiger partial charge in [-0.15, -0.1) is 13.2 Å². The van der Waals surface area contributed by atoms with E-state index in [1.54, 1.807) is 0 Å². The molecule has 1 aromatic carbocycles. The average molecular weight is 449 g/mol. The van der Waals surface area contributed by atoms with Crippen molar-refractivity contribution in [1.29, 1.82) is 0 Å². The number of aromatic nitrogens is 1. The Labute approximate surface area is 172 Å². The molecule has 0 saturated heterocycles. The minimum atomic E-state index is -4.87. The molecule has 2 rings (SSSR count). The van der Waals surface area contributed by atoms with E-state index in [-0.39, 0.29) is 22.3 Å². The number of nitrogens with one attached hydrogen (secondary N) is 2. The van der Waals surface area contributed by atoms with Crippen molar-refractivity contribution >= 4 is 15.7 Å². The van der Waals surface area contributed by atoms with Crippen LogP contribution >= 0.6 is 0 Å². The highest BCUT2D eigenvalue weighted by molar-refractivity contribution is 7.92. The summed E-state index contributed by atoms with van der Waals surface area (Å²) < 4.78 is 78.3. The molecule has 0 spiro atoms. The van der Waals surface area contributed by atoms with Crippen molar-refractivity contribution in [3.8, 4) is 17.5 Å². The molecule has 1 aromatic heterocycles. The Morgan fingerprint density at radius 2 is 1.77 bits per heavy atom. The van der Waals surface area contributed by atoms with Crippen molar-refractivity contribution in [2.24, 2.45) is 0 Å². The summed E-state index contributed by atoms with van der Waals surface area (Å²) in [7, 11) is -2.79. The molecule has 0 aliphatic heterocycles. The van der Waals surface area contributed by atoms with E-state index in [0.717, 1.165) is 24.3 Å². The van der Waals surface area contributed by atoms with Gasteiger partial charge in [0.2, 0.25) is 11.8 Å². The number of rotatable bonds is 10. The minimum Gasteiger partial charge on any atom is -0.479 e. The van der Waals surface area contributed by atoms with Crippen molar-refractivity contribution in [2.75, 3.05) is 25.0 Å². The van der Waals surface area contributed by atoms with Crippen LogP contribution in [0.2, 0.25) is 0 Å². The van der Waals surface area contributed by atoms with Crippen LogP contribution in [-0.4, -0.2) is 46.1 Å². The number of methoxy groups -OCH3 is 1. The highest BCUT2D eigenvalue weighted by Gasteiger charge is 2.31. The molecule has 0 fully saturated rings. The summed E-state index contributed by atoms with van der Waals surface area (Å²) in [5.74, 6) is -0.312. The first kappa shape index (κ1) is 23.5. The highest BCUT2D eigenvalue weighted by Crippen LogP contribution is 2.28. The predicted molar refractivity (Wildman–Crippen MR) is 103 cm³/mol. The Hall–Kier alpha value is -2.73. The van der Waals surface area contributed by atoms with Crippen molar-refractivity contribution < 1.29 is 35.8 Å². The van der Waals surface area contributed by atoms with Gasteiger partial charge in [-0.2, -0.15) is 4.98 Å². The molecule has 12 heteroatoms. The fraction of sp³-hybridized carbons (Fsp3) is 0.389. The van der Waals surface area contributed by atoms with E-state index >= 15 is 0 Å². The van der Waals surface area contributed by atoms with E-state index in [1.807, 2.05) is 13.8 Å². The molecule has 0 atom stereocenters. The predicted octanol–water partition coefficient (Wildman–Crippen LogP) is 3.17. The minimum absolute atomic E-state index is 0.0232. The molecule has 2 N–H and O–H groups in total. The van der Waals surface area contributed by atoms with Gasteiger partial charge in [-0.05, 0) is 30.3 Å². The fourth-order valence-corrected chi connectivity index (χ4v) is 3.32. The molecule has 30 heavy (non-hydrogen) atoms. The number of hydrogen-bond acceptors (Lipinski definition) is 7. The summed E-state index contributed by atoms with van der Waals surface area (Å²) in [5.41, 5.74) is 0.0424. The Bertz CT molecular complexity index is 935. The number of alkyl halides is 3. The van der Waals surface area contributed by atoms with Gasteiger partial charge in [0, 0.05) is 18.7 Å². The third kappa shape index (κ3) is 7.26. The molecule has 0 saturated carbocycles. The zero-order valence-electron chi connectivity index (χ0n) is 16.5. The van der Waals surface area contributed by atoms with Gasteiger partial charge in [0.1, 0.15) is 18.0 Å². The largest absolute Gasteiger partial charge is 0.573 e. The fourth-order valence-electron chi connectivity index (χ4n) is 2.26. The van der Waals surface area contributed by atoms with Gasteiger partial charge in [-0.25, -0.2) is 8.42 Å². The molecule has 2 aromatic rings. The van der Waals surface area contributed by atoms with Crippen LogP contribution in [0.25, 0.3) is 0 Å². The van der Waals surface area contributed by atoms with Gasteiger partial charge in [0.25, 0.3) is 10.0 Å². The van der Waals surface area contributed by atoms with Crippen LogP contribution in [-0.2, 0) is 10.0 Å². The Morgan fingerprint density at radius 1 is 1.10 bits per heavy atom. The maximum Gasteiger partial charge on any atom is 0.573 e. The van der Waals surface area contributed by atoms with Crippen LogP contribution in [0.15, 0.2) is 41.3 Å². The molecule has 0 unspecified atom stereocenters. The summed E-state index contributed by atoms with van der Waals surface area (Å²) in [6.45, 7) is 4.95. The smallest absolute Gasteiger partial charge is 0.479 e. The topological polar surface area (TPSA) is 98.8 Å². The van der Waals surface area contributed by atoms with Crippen LogP contribution in [0, 0.1) is 0 Å². The van der Waals surface area contributed by atoms with Gasteiger partial charge < -0.3 is 19.5 Å². The average Bonchev–Trinajstić information content (AvgIpc) is 2.65. The number of ether oxygens (including phenoxy) is 3. The van der Waals surface area contributed by atoms with Gasteiger partial charge in [-0.3, -0.25) is 4.72 Å². The lowest BCUT2D eigenvalue weighted by Gasteiger charge is -2.14. The van der Waals surface area contributed by atoms with Crippen LogP contribution in [0.1, 0.15) is 13.8 Å². The highest BCUT2D eigenvalue weighted by atomic mass is 32.2. The zero-order valence-corrected chi connectivity index (χ0v) is 17.3. The van der Waals surface area contributed by atoms with E-state index in [2.05, 4.69) is 19.8 Å². The van der Waals surface area contributed by atoms with Crippen molar-refractivity contribution in [3.63, 3.8) is 0 Å². The van der Waals surface area contributed by atoms with E-state index in [1.165, 1.54) is 19.2 Å². The van der Waals surface area contributed by atoms with Gasteiger partial charge in [-0.1, -0.05) is 13.8 Å². The van der Waals surface area contributed by atoms with E-state index in [9.17, 15) is 21.6 Å². The zero-order chi connectivity index (χ0) is 22.4. The Morgan fingerprint density at radius 3 is 2.33 bits per heavy atom. The first-order chi connectivity index (χ1) is 14.0. The molecule has 0 radical (unpaired) electrons. The lowest BCUT2D eigenvalue weighted by atomic mass is 10.3. The number of hydrogen-bond donors (Lipinski definition) is 2. The monoisotopic (exact) mass is 449 g/mol. The second-order valence-electron chi connectivity index (χ2n) is 6.29. The number of sulfonamides is 1. The van der Waals surface area contributed by atoms with Gasteiger partial charge in [0.15, 0.2) is 0 Å².